The Morgan fingerprint density at radius 2 is 1.64 bits per heavy atom. The maximum Gasteiger partial charge on any atom is 0.234 e. The highest BCUT2D eigenvalue weighted by Gasteiger charge is 2.17. The summed E-state index contributed by atoms with van der Waals surface area (Å²) in [5, 5.41) is 13.4. The molecule has 1 heterocycles. The van der Waals surface area contributed by atoms with Crippen molar-refractivity contribution >= 4 is 55.2 Å². The van der Waals surface area contributed by atoms with Gasteiger partial charge in [-0.2, -0.15) is 5.26 Å². The number of nitriles is 1. The van der Waals surface area contributed by atoms with Crippen molar-refractivity contribution in [3.05, 3.63) is 99.4 Å². The van der Waals surface area contributed by atoms with Crippen LogP contribution in [-0.4, -0.2) is 16.6 Å². The SMILES string of the molecule is N#Cc1c(-c2ccccc2)cc(-c2cccc(Br)c2)nc1SCC(=O)Nc1ccc(Br)cc1. The second-order valence-corrected chi connectivity index (χ2v) is 9.86. The maximum absolute atomic E-state index is 12.6. The second kappa shape index (κ2) is 10.8. The Labute approximate surface area is 213 Å². The van der Waals surface area contributed by atoms with E-state index in [4.69, 9.17) is 4.98 Å². The molecule has 1 N–H and O–H groups in total. The zero-order chi connectivity index (χ0) is 23.2. The van der Waals surface area contributed by atoms with Crippen molar-refractivity contribution in [2.75, 3.05) is 11.1 Å². The van der Waals surface area contributed by atoms with E-state index >= 15 is 0 Å². The molecule has 0 saturated carbocycles. The number of amides is 1. The second-order valence-electron chi connectivity index (χ2n) is 7.07. The summed E-state index contributed by atoms with van der Waals surface area (Å²) in [5.74, 6) is -0.0318. The van der Waals surface area contributed by atoms with Gasteiger partial charge in [0.1, 0.15) is 11.1 Å². The van der Waals surface area contributed by atoms with Gasteiger partial charge in [-0.15, -0.1) is 0 Å². The third-order valence-electron chi connectivity index (χ3n) is 4.77. The third-order valence-corrected chi connectivity index (χ3v) is 6.77. The van der Waals surface area contributed by atoms with E-state index in [-0.39, 0.29) is 11.7 Å². The summed E-state index contributed by atoms with van der Waals surface area (Å²) >= 11 is 8.16. The molecule has 0 aliphatic carbocycles. The third kappa shape index (κ3) is 5.91. The highest BCUT2D eigenvalue weighted by Crippen LogP contribution is 2.34. The first kappa shape index (κ1) is 23.2. The van der Waals surface area contributed by atoms with Crippen LogP contribution in [0.4, 0.5) is 5.69 Å². The van der Waals surface area contributed by atoms with E-state index in [1.807, 2.05) is 84.9 Å². The Kier molecular flexibility index (Phi) is 7.61. The van der Waals surface area contributed by atoms with Gasteiger partial charge in [0.2, 0.25) is 5.91 Å². The first-order valence-electron chi connectivity index (χ1n) is 9.98. The molecule has 0 bridgehead atoms. The fourth-order valence-corrected chi connectivity index (χ4v) is 4.71. The van der Waals surface area contributed by atoms with Gasteiger partial charge >= 0.3 is 0 Å². The number of nitrogens with zero attached hydrogens (tertiary/aromatic N) is 2. The minimum atomic E-state index is -0.165. The van der Waals surface area contributed by atoms with Gasteiger partial charge in [0.25, 0.3) is 0 Å². The Morgan fingerprint density at radius 3 is 2.33 bits per heavy atom. The molecule has 0 radical (unpaired) electrons. The molecule has 3 aromatic carbocycles. The minimum absolute atomic E-state index is 0.133. The first-order valence-corrected chi connectivity index (χ1v) is 12.6. The van der Waals surface area contributed by atoms with Crippen LogP contribution in [0.2, 0.25) is 0 Å². The number of benzene rings is 3. The lowest BCUT2D eigenvalue weighted by molar-refractivity contribution is -0.113. The predicted molar refractivity (Wildman–Crippen MR) is 141 cm³/mol. The number of rotatable bonds is 6. The zero-order valence-electron chi connectivity index (χ0n) is 17.3. The van der Waals surface area contributed by atoms with Gasteiger partial charge in [0.05, 0.1) is 17.0 Å². The van der Waals surface area contributed by atoms with Crippen LogP contribution in [0, 0.1) is 11.3 Å². The summed E-state index contributed by atoms with van der Waals surface area (Å²) in [6.07, 6.45) is 0. The molecule has 1 amide bonds. The average molecular weight is 579 g/mol. The lowest BCUT2D eigenvalue weighted by Crippen LogP contribution is -2.14. The monoisotopic (exact) mass is 577 g/mol. The molecular formula is C26H17Br2N3OS. The number of pyridine rings is 1. The standard InChI is InChI=1S/C26H17Br2N3OS/c27-19-9-11-21(12-10-19)30-25(32)16-33-26-23(15-29)22(17-5-2-1-3-6-17)14-24(31-26)18-7-4-8-20(28)13-18/h1-14H,16H2,(H,30,32). The molecular weight excluding hydrogens is 562 g/mol. The van der Waals surface area contributed by atoms with Crippen molar-refractivity contribution in [1.29, 1.82) is 5.26 Å². The van der Waals surface area contributed by atoms with Gasteiger partial charge in [-0.3, -0.25) is 4.79 Å². The van der Waals surface area contributed by atoms with E-state index in [1.54, 1.807) is 0 Å². The molecule has 7 heteroatoms. The van der Waals surface area contributed by atoms with Crippen molar-refractivity contribution in [2.24, 2.45) is 0 Å². The molecule has 0 aliphatic heterocycles. The summed E-state index contributed by atoms with van der Waals surface area (Å²) in [7, 11) is 0. The fourth-order valence-electron chi connectivity index (χ4n) is 3.24. The number of halogens is 2. The molecule has 0 spiro atoms. The number of nitrogens with one attached hydrogen (secondary N) is 1. The Bertz CT molecular complexity index is 1340. The molecule has 1 aromatic heterocycles. The van der Waals surface area contributed by atoms with Crippen LogP contribution in [-0.2, 0) is 4.79 Å². The highest BCUT2D eigenvalue weighted by molar-refractivity contribution is 9.10. The molecule has 0 saturated heterocycles. The quantitative estimate of drug-likeness (QED) is 0.240. The topological polar surface area (TPSA) is 65.8 Å². The molecule has 4 aromatic rings. The number of carbonyl (C=O) groups excluding carboxylic acids is 1. The van der Waals surface area contributed by atoms with Gasteiger partial charge in [0.15, 0.2) is 0 Å². The number of carbonyl (C=O) groups is 1. The van der Waals surface area contributed by atoms with Crippen LogP contribution in [0.15, 0.2) is 98.9 Å². The van der Waals surface area contributed by atoms with E-state index in [9.17, 15) is 10.1 Å². The smallest absolute Gasteiger partial charge is 0.234 e. The molecule has 4 rings (SSSR count). The summed E-state index contributed by atoms with van der Waals surface area (Å²) in [6.45, 7) is 0. The number of thioether (sulfide) groups is 1. The number of hydrogen-bond donors (Lipinski definition) is 1. The summed E-state index contributed by atoms with van der Waals surface area (Å²) < 4.78 is 1.88. The van der Waals surface area contributed by atoms with E-state index in [0.29, 0.717) is 16.3 Å². The Balaban J connectivity index is 1.68. The van der Waals surface area contributed by atoms with Crippen LogP contribution in [0.25, 0.3) is 22.4 Å². The average Bonchev–Trinajstić information content (AvgIpc) is 2.84. The van der Waals surface area contributed by atoms with Crippen LogP contribution in [0.5, 0.6) is 0 Å². The zero-order valence-corrected chi connectivity index (χ0v) is 21.2. The summed E-state index contributed by atoms with van der Waals surface area (Å²) in [5.41, 5.74) is 4.55. The van der Waals surface area contributed by atoms with Crippen molar-refractivity contribution in [2.45, 2.75) is 5.03 Å². The molecule has 33 heavy (non-hydrogen) atoms. The van der Waals surface area contributed by atoms with E-state index < -0.39 is 0 Å². The normalized spacial score (nSPS) is 10.5. The lowest BCUT2D eigenvalue weighted by atomic mass is 9.99. The lowest BCUT2D eigenvalue weighted by Gasteiger charge is -2.13. The largest absolute Gasteiger partial charge is 0.325 e. The molecule has 0 fully saturated rings. The fraction of sp³-hybridized carbons (Fsp3) is 0.0385. The van der Waals surface area contributed by atoms with Crippen molar-refractivity contribution in [1.82, 2.24) is 4.98 Å². The summed E-state index contributed by atoms with van der Waals surface area (Å²) in [4.78, 5) is 17.3. The Morgan fingerprint density at radius 1 is 0.909 bits per heavy atom. The van der Waals surface area contributed by atoms with Gasteiger partial charge in [0, 0.05) is 25.8 Å². The van der Waals surface area contributed by atoms with E-state index in [2.05, 4.69) is 43.2 Å². The van der Waals surface area contributed by atoms with Crippen LogP contribution in [0.3, 0.4) is 0 Å². The van der Waals surface area contributed by atoms with Crippen molar-refractivity contribution < 1.29 is 4.79 Å². The molecule has 162 valence electrons. The van der Waals surface area contributed by atoms with Gasteiger partial charge in [-0.1, -0.05) is 86.1 Å². The van der Waals surface area contributed by atoms with E-state index in [0.717, 1.165) is 31.3 Å². The summed E-state index contributed by atoms with van der Waals surface area (Å²) in [6, 6.07) is 29.2. The van der Waals surface area contributed by atoms with Crippen molar-refractivity contribution in [3.8, 4) is 28.5 Å². The van der Waals surface area contributed by atoms with Crippen molar-refractivity contribution in [3.63, 3.8) is 0 Å². The highest BCUT2D eigenvalue weighted by atomic mass is 79.9. The first-order chi connectivity index (χ1) is 16.0. The van der Waals surface area contributed by atoms with Crippen LogP contribution >= 0.6 is 43.6 Å². The van der Waals surface area contributed by atoms with Gasteiger partial charge in [-0.05, 0) is 48.0 Å². The number of hydrogen-bond acceptors (Lipinski definition) is 4. The minimum Gasteiger partial charge on any atom is -0.325 e. The molecule has 4 nitrogen and oxygen atoms in total. The predicted octanol–water partition coefficient (Wildman–Crippen LogP) is 7.54. The number of anilines is 1. The van der Waals surface area contributed by atoms with E-state index in [1.165, 1.54) is 11.8 Å². The molecule has 0 aliphatic rings. The Hall–Kier alpha value is -2.92. The number of aromatic nitrogens is 1. The van der Waals surface area contributed by atoms with Gasteiger partial charge in [-0.25, -0.2) is 4.98 Å². The molecule has 0 atom stereocenters. The molecule has 0 unspecified atom stereocenters. The maximum atomic E-state index is 12.6. The van der Waals surface area contributed by atoms with Crippen LogP contribution < -0.4 is 5.32 Å². The van der Waals surface area contributed by atoms with Crippen LogP contribution in [0.1, 0.15) is 5.56 Å². The van der Waals surface area contributed by atoms with Gasteiger partial charge < -0.3 is 5.32 Å².